The Bertz CT molecular complexity index is 288. The maximum absolute atomic E-state index is 11.8. The summed E-state index contributed by atoms with van der Waals surface area (Å²) < 4.78 is 1.19. The predicted octanol–water partition coefficient (Wildman–Crippen LogP) is 8.41. The van der Waals surface area contributed by atoms with Gasteiger partial charge in [0.1, 0.15) is 0 Å². The zero-order valence-corrected chi connectivity index (χ0v) is 18.3. The van der Waals surface area contributed by atoms with E-state index in [1.807, 2.05) is 6.21 Å². The van der Waals surface area contributed by atoms with Gasteiger partial charge in [0.25, 0.3) is 0 Å². The van der Waals surface area contributed by atoms with Crippen molar-refractivity contribution in [2.45, 2.75) is 142 Å². The molecule has 0 aromatic heterocycles. The highest BCUT2D eigenvalue weighted by atomic mass is 16.5. The summed E-state index contributed by atoms with van der Waals surface area (Å²) in [6, 6.07) is 0. The van der Waals surface area contributed by atoms with Gasteiger partial charge in [-0.25, -0.2) is 4.74 Å². The van der Waals surface area contributed by atoms with Crippen molar-refractivity contribution in [3.8, 4) is 0 Å². The summed E-state index contributed by atoms with van der Waals surface area (Å²) in [6.07, 6.45) is 28.3. The van der Waals surface area contributed by atoms with E-state index in [-0.39, 0.29) is 0 Å². The molecule has 0 radical (unpaired) electrons. The third-order valence-electron chi connectivity index (χ3n) is 5.37. The highest BCUT2D eigenvalue weighted by molar-refractivity contribution is 5.50. The Morgan fingerprint density at radius 2 is 0.846 bits per heavy atom. The van der Waals surface area contributed by atoms with Crippen LogP contribution in [0.25, 0.3) is 0 Å². The fraction of sp³-hybridized carbons (Fsp3) is 0.958. The smallest absolute Gasteiger partial charge is 0.153 e. The van der Waals surface area contributed by atoms with Crippen molar-refractivity contribution in [2.24, 2.45) is 0 Å². The van der Waals surface area contributed by atoms with E-state index in [1.54, 1.807) is 0 Å². The molecule has 0 atom stereocenters. The average molecular weight is 368 g/mol. The van der Waals surface area contributed by atoms with Crippen molar-refractivity contribution in [1.29, 1.82) is 0 Å². The molecule has 2 heteroatoms. The molecule has 0 bridgehead atoms. The first-order valence-electron chi connectivity index (χ1n) is 12.1. The van der Waals surface area contributed by atoms with Gasteiger partial charge in [0, 0.05) is 12.8 Å². The normalized spacial score (nSPS) is 12.0. The predicted molar refractivity (Wildman–Crippen MR) is 118 cm³/mol. The lowest BCUT2D eigenvalue weighted by Crippen LogP contribution is -2.06. The third-order valence-corrected chi connectivity index (χ3v) is 5.37. The lowest BCUT2D eigenvalue weighted by atomic mass is 10.1. The largest absolute Gasteiger partial charge is 0.624 e. The average Bonchev–Trinajstić information content (AvgIpc) is 2.64. The van der Waals surface area contributed by atoms with Gasteiger partial charge in [-0.2, -0.15) is 0 Å². The molecular weight excluding hydrogens is 318 g/mol. The minimum absolute atomic E-state index is 0.702. The maximum atomic E-state index is 11.8. The molecule has 0 spiro atoms. The Balaban J connectivity index is 3.23. The van der Waals surface area contributed by atoms with E-state index in [0.29, 0.717) is 6.54 Å². The molecule has 0 amide bonds. The van der Waals surface area contributed by atoms with Crippen molar-refractivity contribution in [2.75, 3.05) is 6.54 Å². The zero-order valence-electron chi connectivity index (χ0n) is 18.3. The van der Waals surface area contributed by atoms with Gasteiger partial charge in [-0.3, -0.25) is 0 Å². The highest BCUT2D eigenvalue weighted by Gasteiger charge is 1.97. The SMILES string of the molecule is CCCCCCCCCCCCC=[N+]([O-])CCCCCCCCCCC. The van der Waals surface area contributed by atoms with E-state index in [2.05, 4.69) is 13.8 Å². The van der Waals surface area contributed by atoms with E-state index in [4.69, 9.17) is 0 Å². The van der Waals surface area contributed by atoms with Gasteiger partial charge < -0.3 is 5.21 Å². The van der Waals surface area contributed by atoms with Gasteiger partial charge in [-0.1, -0.05) is 117 Å². The van der Waals surface area contributed by atoms with E-state index in [1.165, 1.54) is 120 Å². The molecule has 0 aliphatic rings. The molecule has 0 rings (SSSR count). The van der Waals surface area contributed by atoms with Crippen LogP contribution < -0.4 is 0 Å². The van der Waals surface area contributed by atoms with Crippen molar-refractivity contribution < 1.29 is 4.74 Å². The van der Waals surface area contributed by atoms with E-state index in [0.717, 1.165) is 12.8 Å². The van der Waals surface area contributed by atoms with Crippen LogP contribution in [-0.2, 0) is 0 Å². The summed E-state index contributed by atoms with van der Waals surface area (Å²) in [5.41, 5.74) is 0. The maximum Gasteiger partial charge on any atom is 0.153 e. The summed E-state index contributed by atoms with van der Waals surface area (Å²) in [6.45, 7) is 5.24. The van der Waals surface area contributed by atoms with Crippen molar-refractivity contribution in [3.05, 3.63) is 5.21 Å². The van der Waals surface area contributed by atoms with Crippen LogP contribution in [0.3, 0.4) is 0 Å². The summed E-state index contributed by atoms with van der Waals surface area (Å²) >= 11 is 0. The Morgan fingerprint density at radius 1 is 0.500 bits per heavy atom. The molecule has 0 unspecified atom stereocenters. The van der Waals surface area contributed by atoms with Crippen LogP contribution in [0.5, 0.6) is 0 Å². The second-order valence-corrected chi connectivity index (χ2v) is 8.12. The van der Waals surface area contributed by atoms with Crippen LogP contribution in [0.2, 0.25) is 0 Å². The molecule has 26 heavy (non-hydrogen) atoms. The summed E-state index contributed by atoms with van der Waals surface area (Å²) in [7, 11) is 0. The molecule has 0 aromatic carbocycles. The van der Waals surface area contributed by atoms with Gasteiger partial charge in [0.2, 0.25) is 0 Å². The van der Waals surface area contributed by atoms with Crippen LogP contribution in [-0.4, -0.2) is 17.5 Å². The van der Waals surface area contributed by atoms with Crippen LogP contribution in [0.1, 0.15) is 142 Å². The first kappa shape index (κ1) is 25.5. The number of hydrogen-bond acceptors (Lipinski definition) is 1. The Hall–Kier alpha value is -0.530. The van der Waals surface area contributed by atoms with Crippen LogP contribution in [0.15, 0.2) is 0 Å². The van der Waals surface area contributed by atoms with Gasteiger partial charge >= 0.3 is 0 Å². The molecule has 0 N–H and O–H groups in total. The summed E-state index contributed by atoms with van der Waals surface area (Å²) in [5, 5.41) is 11.8. The fourth-order valence-electron chi connectivity index (χ4n) is 3.54. The number of hydroxylamine groups is 1. The second-order valence-electron chi connectivity index (χ2n) is 8.12. The standard InChI is InChI=1S/C24H49NO/c1-3-5-7-9-11-13-14-16-18-20-22-24-25(26)23-21-19-17-15-12-10-8-6-4-2/h24H,3-23H2,1-2H3. The van der Waals surface area contributed by atoms with Crippen LogP contribution in [0, 0.1) is 5.21 Å². The van der Waals surface area contributed by atoms with Crippen LogP contribution >= 0.6 is 0 Å². The summed E-state index contributed by atoms with van der Waals surface area (Å²) in [5.74, 6) is 0. The van der Waals surface area contributed by atoms with Crippen molar-refractivity contribution in [1.82, 2.24) is 0 Å². The molecule has 0 heterocycles. The molecule has 0 fully saturated rings. The second kappa shape index (κ2) is 22.5. The number of rotatable bonds is 21. The number of hydrogen-bond donors (Lipinski definition) is 0. The lowest BCUT2D eigenvalue weighted by molar-refractivity contribution is -0.454. The highest BCUT2D eigenvalue weighted by Crippen LogP contribution is 2.11. The van der Waals surface area contributed by atoms with Gasteiger partial charge in [0.15, 0.2) is 12.8 Å². The molecule has 2 nitrogen and oxygen atoms in total. The number of unbranched alkanes of at least 4 members (excludes halogenated alkanes) is 18. The van der Waals surface area contributed by atoms with Gasteiger partial charge in [0.05, 0.1) is 0 Å². The molecule has 0 saturated heterocycles. The minimum atomic E-state index is 0.702. The number of nitrogens with zero attached hydrogens (tertiary/aromatic N) is 1. The zero-order chi connectivity index (χ0) is 19.1. The molecule has 0 aromatic rings. The fourth-order valence-corrected chi connectivity index (χ4v) is 3.54. The molecule has 0 aliphatic carbocycles. The van der Waals surface area contributed by atoms with Crippen molar-refractivity contribution in [3.63, 3.8) is 0 Å². The lowest BCUT2D eigenvalue weighted by Gasteiger charge is -2.05. The van der Waals surface area contributed by atoms with Gasteiger partial charge in [-0.05, 0) is 12.8 Å². The van der Waals surface area contributed by atoms with Crippen molar-refractivity contribution >= 4 is 6.21 Å². The Labute approximate surface area is 165 Å². The molecular formula is C24H49NO. The van der Waals surface area contributed by atoms with E-state index in [9.17, 15) is 5.21 Å². The molecule has 0 aliphatic heterocycles. The quantitative estimate of drug-likeness (QED) is 0.0657. The summed E-state index contributed by atoms with van der Waals surface area (Å²) in [4.78, 5) is 0. The van der Waals surface area contributed by atoms with Crippen LogP contribution in [0.4, 0.5) is 0 Å². The molecule has 0 saturated carbocycles. The first-order chi connectivity index (χ1) is 12.8. The van der Waals surface area contributed by atoms with Gasteiger partial charge in [-0.15, -0.1) is 0 Å². The molecule has 156 valence electrons. The topological polar surface area (TPSA) is 26.1 Å². The Morgan fingerprint density at radius 3 is 1.27 bits per heavy atom. The minimum Gasteiger partial charge on any atom is -0.624 e. The Kier molecular flexibility index (Phi) is 22.1. The monoisotopic (exact) mass is 367 g/mol. The first-order valence-corrected chi connectivity index (χ1v) is 12.1. The van der Waals surface area contributed by atoms with E-state index < -0.39 is 0 Å². The van der Waals surface area contributed by atoms with E-state index >= 15 is 0 Å². The third kappa shape index (κ3) is 21.5.